The van der Waals surface area contributed by atoms with Crippen LogP contribution in [-0.2, 0) is 17.8 Å². The summed E-state index contributed by atoms with van der Waals surface area (Å²) < 4.78 is 3.44. The van der Waals surface area contributed by atoms with Crippen LogP contribution in [0.3, 0.4) is 0 Å². The highest BCUT2D eigenvalue weighted by atomic mass is 127. The van der Waals surface area contributed by atoms with E-state index >= 15 is 0 Å². The number of carbonyl (C=O) groups excluding carboxylic acids is 1. The van der Waals surface area contributed by atoms with Gasteiger partial charge in [0.25, 0.3) is 0 Å². The van der Waals surface area contributed by atoms with E-state index in [2.05, 4.69) is 100 Å². The Kier molecular flexibility index (Phi) is 6.51. The van der Waals surface area contributed by atoms with Crippen molar-refractivity contribution in [2.75, 3.05) is 0 Å². The van der Waals surface area contributed by atoms with Gasteiger partial charge in [-0.05, 0) is 76.9 Å². The fourth-order valence-corrected chi connectivity index (χ4v) is 3.97. The van der Waals surface area contributed by atoms with Crippen LogP contribution >= 0.6 is 22.6 Å². The van der Waals surface area contributed by atoms with Crippen molar-refractivity contribution < 1.29 is 4.79 Å². The van der Waals surface area contributed by atoms with Crippen molar-refractivity contribution in [1.82, 2.24) is 9.99 Å². The molecule has 4 aromatic rings. The molecule has 4 nitrogen and oxygen atoms in total. The van der Waals surface area contributed by atoms with Crippen LogP contribution < -0.4 is 5.43 Å². The van der Waals surface area contributed by atoms with Crippen LogP contribution in [0.15, 0.2) is 78.0 Å². The predicted molar refractivity (Wildman–Crippen MR) is 136 cm³/mol. The molecule has 156 valence electrons. The van der Waals surface area contributed by atoms with Crippen molar-refractivity contribution in [2.24, 2.45) is 5.10 Å². The molecule has 3 aromatic carbocycles. The maximum absolute atomic E-state index is 12.3. The first-order valence-electron chi connectivity index (χ1n) is 10.2. The summed E-state index contributed by atoms with van der Waals surface area (Å²) >= 11 is 2.32. The molecule has 0 spiro atoms. The number of hydrogen-bond acceptors (Lipinski definition) is 2. The van der Waals surface area contributed by atoms with Crippen molar-refractivity contribution in [3.05, 3.63) is 104 Å². The van der Waals surface area contributed by atoms with Gasteiger partial charge in [0.15, 0.2) is 0 Å². The molecule has 0 aliphatic carbocycles. The molecule has 0 fully saturated rings. The molecule has 1 amide bonds. The van der Waals surface area contributed by atoms with Crippen LogP contribution in [0.25, 0.3) is 10.9 Å². The van der Waals surface area contributed by atoms with Crippen LogP contribution in [-0.4, -0.2) is 16.7 Å². The second-order valence-corrected chi connectivity index (χ2v) is 8.99. The summed E-state index contributed by atoms with van der Waals surface area (Å²) in [5.74, 6) is -0.123. The van der Waals surface area contributed by atoms with Gasteiger partial charge in [-0.2, -0.15) is 5.10 Å². The number of hydrazone groups is 1. The number of halogens is 1. The molecular formula is C26H24IN3O. The number of rotatable bonds is 6. The lowest BCUT2D eigenvalue weighted by molar-refractivity contribution is -0.120. The Labute approximate surface area is 196 Å². The molecule has 1 N–H and O–H groups in total. The molecule has 0 atom stereocenters. The van der Waals surface area contributed by atoms with Gasteiger partial charge >= 0.3 is 0 Å². The average molecular weight is 521 g/mol. The summed E-state index contributed by atoms with van der Waals surface area (Å²) in [5.41, 5.74) is 9.43. The van der Waals surface area contributed by atoms with Gasteiger partial charge in [0, 0.05) is 32.8 Å². The third kappa shape index (κ3) is 5.22. The second kappa shape index (κ2) is 9.47. The van der Waals surface area contributed by atoms with E-state index in [1.54, 1.807) is 6.21 Å². The topological polar surface area (TPSA) is 46.4 Å². The summed E-state index contributed by atoms with van der Waals surface area (Å²) in [4.78, 5) is 12.3. The zero-order valence-electron chi connectivity index (χ0n) is 17.6. The zero-order chi connectivity index (χ0) is 21.8. The van der Waals surface area contributed by atoms with E-state index in [-0.39, 0.29) is 5.91 Å². The van der Waals surface area contributed by atoms with Crippen LogP contribution in [0.5, 0.6) is 0 Å². The molecule has 4 rings (SSSR count). The minimum atomic E-state index is -0.123. The van der Waals surface area contributed by atoms with Gasteiger partial charge in [-0.15, -0.1) is 0 Å². The Balaban J connectivity index is 1.48. The first-order valence-corrected chi connectivity index (χ1v) is 11.3. The number of nitrogens with one attached hydrogen (secondary N) is 1. The van der Waals surface area contributed by atoms with Crippen LogP contribution in [0.4, 0.5) is 0 Å². The number of aromatic nitrogens is 1. The standard InChI is InChI=1S/C26H24IN3O/c1-18-7-8-21(13-19(18)2)14-26(31)29-28-15-22-17-30(25-6-4-3-5-24(22)25)16-20-9-11-23(27)12-10-20/h3-13,15,17H,14,16H2,1-2H3,(H,29,31)/b28-15-. The van der Waals surface area contributed by atoms with Crippen molar-refractivity contribution in [1.29, 1.82) is 0 Å². The second-order valence-electron chi connectivity index (χ2n) is 7.74. The van der Waals surface area contributed by atoms with E-state index in [1.807, 2.05) is 24.3 Å². The molecule has 31 heavy (non-hydrogen) atoms. The van der Waals surface area contributed by atoms with E-state index in [0.29, 0.717) is 6.42 Å². The Hall–Kier alpha value is -2.93. The van der Waals surface area contributed by atoms with Gasteiger partial charge < -0.3 is 4.57 Å². The van der Waals surface area contributed by atoms with Crippen molar-refractivity contribution in [3.8, 4) is 0 Å². The maximum atomic E-state index is 12.3. The smallest absolute Gasteiger partial charge is 0.244 e. The van der Waals surface area contributed by atoms with Crippen LogP contribution in [0.2, 0.25) is 0 Å². The van der Waals surface area contributed by atoms with E-state index < -0.39 is 0 Å². The Morgan fingerprint density at radius 2 is 1.74 bits per heavy atom. The highest BCUT2D eigenvalue weighted by Gasteiger charge is 2.08. The Morgan fingerprint density at radius 3 is 2.52 bits per heavy atom. The van der Waals surface area contributed by atoms with Crippen LogP contribution in [0, 0.1) is 17.4 Å². The largest absolute Gasteiger partial charge is 0.342 e. The van der Waals surface area contributed by atoms with E-state index in [4.69, 9.17) is 0 Å². The highest BCUT2D eigenvalue weighted by Crippen LogP contribution is 2.21. The molecule has 5 heteroatoms. The first-order chi connectivity index (χ1) is 15.0. The molecule has 0 unspecified atom stereocenters. The number of nitrogens with zero attached hydrogens (tertiary/aromatic N) is 2. The maximum Gasteiger partial charge on any atom is 0.244 e. The number of benzene rings is 3. The van der Waals surface area contributed by atoms with Crippen molar-refractivity contribution >= 4 is 45.6 Å². The van der Waals surface area contributed by atoms with Crippen LogP contribution in [0.1, 0.15) is 27.8 Å². The van der Waals surface area contributed by atoms with E-state index in [0.717, 1.165) is 28.6 Å². The minimum absolute atomic E-state index is 0.123. The van der Waals surface area contributed by atoms with Gasteiger partial charge in [-0.3, -0.25) is 4.79 Å². The Morgan fingerprint density at radius 1 is 1.00 bits per heavy atom. The number of carbonyl (C=O) groups is 1. The first kappa shape index (κ1) is 21.3. The average Bonchev–Trinajstić information content (AvgIpc) is 3.10. The monoisotopic (exact) mass is 521 g/mol. The number of para-hydroxylation sites is 1. The minimum Gasteiger partial charge on any atom is -0.342 e. The predicted octanol–water partition coefficient (Wildman–Crippen LogP) is 5.60. The number of hydrogen-bond donors (Lipinski definition) is 1. The van der Waals surface area contributed by atoms with Gasteiger partial charge in [0.1, 0.15) is 0 Å². The Bertz CT molecular complexity index is 1260. The molecule has 0 aliphatic heterocycles. The van der Waals surface area contributed by atoms with Crippen molar-refractivity contribution in [3.63, 3.8) is 0 Å². The third-order valence-corrected chi connectivity index (χ3v) is 6.13. The molecule has 1 heterocycles. The van der Waals surface area contributed by atoms with Gasteiger partial charge in [0.2, 0.25) is 5.91 Å². The lowest BCUT2D eigenvalue weighted by Gasteiger charge is -2.05. The molecule has 1 aromatic heterocycles. The lowest BCUT2D eigenvalue weighted by Crippen LogP contribution is -2.19. The summed E-state index contributed by atoms with van der Waals surface area (Å²) in [7, 11) is 0. The van der Waals surface area contributed by atoms with Crippen molar-refractivity contribution in [2.45, 2.75) is 26.8 Å². The SMILES string of the molecule is Cc1ccc(CC(=O)N/N=C\c2cn(Cc3ccc(I)cc3)c3ccccc23)cc1C. The molecule has 0 saturated heterocycles. The number of amides is 1. The molecule has 0 bridgehead atoms. The summed E-state index contributed by atoms with van der Waals surface area (Å²) in [6.07, 6.45) is 4.12. The molecule has 0 aliphatic rings. The number of aryl methyl sites for hydroxylation is 2. The molecular weight excluding hydrogens is 497 g/mol. The zero-order valence-corrected chi connectivity index (χ0v) is 19.8. The van der Waals surface area contributed by atoms with Gasteiger partial charge in [0.05, 0.1) is 12.6 Å². The summed E-state index contributed by atoms with van der Waals surface area (Å²) in [5, 5.41) is 5.33. The van der Waals surface area contributed by atoms with E-state index in [9.17, 15) is 4.79 Å². The van der Waals surface area contributed by atoms with Gasteiger partial charge in [-0.1, -0.05) is 48.5 Å². The summed E-state index contributed by atoms with van der Waals surface area (Å²) in [6, 6.07) is 22.9. The van der Waals surface area contributed by atoms with E-state index in [1.165, 1.54) is 20.3 Å². The normalized spacial score (nSPS) is 11.3. The van der Waals surface area contributed by atoms with Gasteiger partial charge in [-0.25, -0.2) is 5.43 Å². The summed E-state index contributed by atoms with van der Waals surface area (Å²) in [6.45, 7) is 4.91. The number of fused-ring (bicyclic) bond motifs is 1. The lowest BCUT2D eigenvalue weighted by atomic mass is 10.0. The molecule has 0 saturated carbocycles. The fourth-order valence-electron chi connectivity index (χ4n) is 3.61. The third-order valence-electron chi connectivity index (χ3n) is 5.41. The quantitative estimate of drug-likeness (QED) is 0.200. The highest BCUT2D eigenvalue weighted by molar-refractivity contribution is 14.1. The fraction of sp³-hybridized carbons (Fsp3) is 0.154. The molecule has 0 radical (unpaired) electrons.